The van der Waals surface area contributed by atoms with Crippen molar-refractivity contribution >= 4 is 23.2 Å². The van der Waals surface area contributed by atoms with Crippen LogP contribution in [0.2, 0.25) is 0 Å². The molecule has 0 bridgehead atoms. The summed E-state index contributed by atoms with van der Waals surface area (Å²) in [5, 5.41) is 10.3. The summed E-state index contributed by atoms with van der Waals surface area (Å²) < 4.78 is 5.14. The third-order valence-electron chi connectivity index (χ3n) is 4.51. The zero-order chi connectivity index (χ0) is 18.6. The van der Waals surface area contributed by atoms with Crippen LogP contribution in [0.4, 0.5) is 11.4 Å². The standard InChI is InChI=1S/C20H18N4O3/c25-18-3-1-2-12-24(18)17-10-6-14(7-11-17)19(26)22-16-8-4-15(5-9-16)20-23-21-13-27-20/h4-11,13H,1-3,12H2,(H,22,26). The molecule has 0 spiro atoms. The van der Waals surface area contributed by atoms with Crippen molar-refractivity contribution in [1.82, 2.24) is 10.2 Å². The molecule has 1 fully saturated rings. The van der Waals surface area contributed by atoms with Crippen molar-refractivity contribution in [3.63, 3.8) is 0 Å². The Morgan fingerprint density at radius 3 is 2.48 bits per heavy atom. The summed E-state index contributed by atoms with van der Waals surface area (Å²) in [6.45, 7) is 0.733. The monoisotopic (exact) mass is 362 g/mol. The van der Waals surface area contributed by atoms with E-state index in [2.05, 4.69) is 15.5 Å². The highest BCUT2D eigenvalue weighted by atomic mass is 16.4. The molecule has 136 valence electrons. The van der Waals surface area contributed by atoms with E-state index < -0.39 is 0 Å². The van der Waals surface area contributed by atoms with Crippen molar-refractivity contribution in [2.75, 3.05) is 16.8 Å². The van der Waals surface area contributed by atoms with E-state index in [4.69, 9.17) is 4.42 Å². The van der Waals surface area contributed by atoms with Gasteiger partial charge in [-0.3, -0.25) is 9.59 Å². The first-order valence-corrected chi connectivity index (χ1v) is 8.79. The van der Waals surface area contributed by atoms with Gasteiger partial charge in [-0.25, -0.2) is 0 Å². The highest BCUT2D eigenvalue weighted by Gasteiger charge is 2.19. The minimum Gasteiger partial charge on any atom is -0.423 e. The van der Waals surface area contributed by atoms with Crippen LogP contribution in [0.3, 0.4) is 0 Å². The van der Waals surface area contributed by atoms with Crippen LogP contribution in [-0.2, 0) is 4.79 Å². The third kappa shape index (κ3) is 3.72. The molecule has 1 N–H and O–H groups in total. The predicted molar refractivity (Wildman–Crippen MR) is 100 cm³/mol. The van der Waals surface area contributed by atoms with Gasteiger partial charge < -0.3 is 14.6 Å². The molecule has 3 aromatic rings. The molecular weight excluding hydrogens is 344 g/mol. The summed E-state index contributed by atoms with van der Waals surface area (Å²) in [5.41, 5.74) is 2.81. The van der Waals surface area contributed by atoms with Gasteiger partial charge in [0.25, 0.3) is 5.91 Å². The van der Waals surface area contributed by atoms with Crippen LogP contribution in [0.15, 0.2) is 59.3 Å². The predicted octanol–water partition coefficient (Wildman–Crippen LogP) is 3.51. The van der Waals surface area contributed by atoms with Crippen LogP contribution in [0.5, 0.6) is 0 Å². The molecule has 7 heteroatoms. The van der Waals surface area contributed by atoms with Gasteiger partial charge in [0.15, 0.2) is 0 Å². The Labute approximate surface area is 156 Å². The number of anilines is 2. The smallest absolute Gasteiger partial charge is 0.255 e. The third-order valence-corrected chi connectivity index (χ3v) is 4.51. The lowest BCUT2D eigenvalue weighted by Gasteiger charge is -2.26. The van der Waals surface area contributed by atoms with Crippen LogP contribution in [0.25, 0.3) is 11.5 Å². The Morgan fingerprint density at radius 2 is 1.81 bits per heavy atom. The van der Waals surface area contributed by atoms with Crippen LogP contribution < -0.4 is 10.2 Å². The van der Waals surface area contributed by atoms with Crippen molar-refractivity contribution in [1.29, 1.82) is 0 Å². The van der Waals surface area contributed by atoms with Gasteiger partial charge in [0.1, 0.15) is 0 Å². The molecule has 1 aromatic heterocycles. The number of nitrogens with one attached hydrogen (secondary N) is 1. The number of hydrogen-bond donors (Lipinski definition) is 1. The average molecular weight is 362 g/mol. The molecule has 1 saturated heterocycles. The van der Waals surface area contributed by atoms with Crippen LogP contribution in [-0.4, -0.2) is 28.6 Å². The van der Waals surface area contributed by atoms with Crippen LogP contribution >= 0.6 is 0 Å². The first-order valence-electron chi connectivity index (χ1n) is 8.79. The summed E-state index contributed by atoms with van der Waals surface area (Å²) in [7, 11) is 0. The van der Waals surface area contributed by atoms with E-state index in [0.717, 1.165) is 30.6 Å². The Morgan fingerprint density at radius 1 is 1.04 bits per heavy atom. The molecule has 0 radical (unpaired) electrons. The zero-order valence-corrected chi connectivity index (χ0v) is 14.6. The quantitative estimate of drug-likeness (QED) is 0.767. The second-order valence-electron chi connectivity index (χ2n) is 6.32. The maximum absolute atomic E-state index is 12.4. The average Bonchev–Trinajstić information content (AvgIpc) is 3.24. The molecule has 0 aliphatic carbocycles. The number of carbonyl (C=O) groups is 2. The van der Waals surface area contributed by atoms with Crippen molar-refractivity contribution in [3.05, 3.63) is 60.5 Å². The van der Waals surface area contributed by atoms with Crippen molar-refractivity contribution in [2.24, 2.45) is 0 Å². The fourth-order valence-corrected chi connectivity index (χ4v) is 3.07. The molecule has 2 aromatic carbocycles. The highest BCUT2D eigenvalue weighted by Crippen LogP contribution is 2.22. The van der Waals surface area contributed by atoms with Gasteiger partial charge in [-0.1, -0.05) is 0 Å². The topological polar surface area (TPSA) is 88.3 Å². The SMILES string of the molecule is O=C(Nc1ccc(-c2nnco2)cc1)c1ccc(N2CCCCC2=O)cc1. The van der Waals surface area contributed by atoms with Gasteiger partial charge >= 0.3 is 0 Å². The second kappa shape index (κ2) is 7.41. The molecule has 27 heavy (non-hydrogen) atoms. The zero-order valence-electron chi connectivity index (χ0n) is 14.6. The number of nitrogens with zero attached hydrogens (tertiary/aromatic N) is 3. The largest absolute Gasteiger partial charge is 0.423 e. The van der Waals surface area contributed by atoms with E-state index in [1.54, 1.807) is 41.3 Å². The normalized spacial score (nSPS) is 14.2. The van der Waals surface area contributed by atoms with E-state index in [-0.39, 0.29) is 11.8 Å². The van der Waals surface area contributed by atoms with Gasteiger partial charge in [-0.2, -0.15) is 0 Å². The Bertz CT molecular complexity index is 934. The number of benzene rings is 2. The summed E-state index contributed by atoms with van der Waals surface area (Å²) >= 11 is 0. The summed E-state index contributed by atoms with van der Waals surface area (Å²) in [6, 6.07) is 14.3. The minimum atomic E-state index is -0.211. The van der Waals surface area contributed by atoms with E-state index in [1.165, 1.54) is 6.39 Å². The molecule has 0 saturated carbocycles. The second-order valence-corrected chi connectivity index (χ2v) is 6.32. The highest BCUT2D eigenvalue weighted by molar-refractivity contribution is 6.04. The van der Waals surface area contributed by atoms with Crippen LogP contribution in [0, 0.1) is 0 Å². The molecule has 1 aliphatic rings. The molecule has 4 rings (SSSR count). The molecule has 0 unspecified atom stereocenters. The summed E-state index contributed by atoms with van der Waals surface area (Å²) in [4.78, 5) is 26.2. The fraction of sp³-hybridized carbons (Fsp3) is 0.200. The number of amides is 2. The fourth-order valence-electron chi connectivity index (χ4n) is 3.07. The number of rotatable bonds is 4. The molecule has 2 amide bonds. The molecular formula is C20H18N4O3. The summed E-state index contributed by atoms with van der Waals surface area (Å²) in [5.74, 6) is 0.354. The van der Waals surface area contributed by atoms with Crippen LogP contribution in [0.1, 0.15) is 29.6 Å². The van der Waals surface area contributed by atoms with Gasteiger partial charge in [0.2, 0.25) is 18.2 Å². The Hall–Kier alpha value is -3.48. The van der Waals surface area contributed by atoms with Gasteiger partial charge in [0.05, 0.1) is 0 Å². The van der Waals surface area contributed by atoms with Gasteiger partial charge in [-0.05, 0) is 61.4 Å². The van der Waals surface area contributed by atoms with E-state index in [9.17, 15) is 9.59 Å². The first-order chi connectivity index (χ1) is 13.2. The van der Waals surface area contributed by atoms with Gasteiger partial charge in [-0.15, -0.1) is 10.2 Å². The Kier molecular flexibility index (Phi) is 4.65. The number of aromatic nitrogens is 2. The van der Waals surface area contributed by atoms with Crippen molar-refractivity contribution < 1.29 is 14.0 Å². The molecule has 0 atom stereocenters. The van der Waals surface area contributed by atoms with Gasteiger partial charge in [0, 0.05) is 35.5 Å². The number of piperidine rings is 1. The number of carbonyl (C=O) groups excluding carboxylic acids is 2. The lowest BCUT2D eigenvalue weighted by molar-refractivity contribution is -0.119. The van der Waals surface area contributed by atoms with E-state index in [0.29, 0.717) is 23.6 Å². The molecule has 1 aliphatic heterocycles. The van der Waals surface area contributed by atoms with Crippen molar-refractivity contribution in [2.45, 2.75) is 19.3 Å². The number of hydrogen-bond acceptors (Lipinski definition) is 5. The first kappa shape index (κ1) is 17.0. The van der Waals surface area contributed by atoms with E-state index >= 15 is 0 Å². The minimum absolute atomic E-state index is 0.139. The van der Waals surface area contributed by atoms with E-state index in [1.807, 2.05) is 12.1 Å². The molecule has 7 nitrogen and oxygen atoms in total. The lowest BCUT2D eigenvalue weighted by Crippen LogP contribution is -2.35. The maximum atomic E-state index is 12.4. The maximum Gasteiger partial charge on any atom is 0.255 e. The van der Waals surface area contributed by atoms with Crippen molar-refractivity contribution in [3.8, 4) is 11.5 Å². The molecule has 2 heterocycles. The summed E-state index contributed by atoms with van der Waals surface area (Å²) in [6.07, 6.45) is 3.81. The Balaban J connectivity index is 1.43. The lowest BCUT2D eigenvalue weighted by atomic mass is 10.1.